The summed E-state index contributed by atoms with van der Waals surface area (Å²) in [5, 5.41) is 5.81. The third kappa shape index (κ3) is 4.32. The number of rotatable bonds is 7. The van der Waals surface area contributed by atoms with Crippen LogP contribution in [0.25, 0.3) is 0 Å². The molecule has 0 saturated heterocycles. The highest BCUT2D eigenvalue weighted by molar-refractivity contribution is 6.02. The maximum absolute atomic E-state index is 12.6. The Morgan fingerprint density at radius 2 is 1.89 bits per heavy atom. The van der Waals surface area contributed by atoms with E-state index in [0.717, 1.165) is 5.56 Å². The first-order valence-corrected chi connectivity index (χ1v) is 9.56. The minimum absolute atomic E-state index is 0.0242. The van der Waals surface area contributed by atoms with Crippen molar-refractivity contribution in [1.29, 1.82) is 0 Å². The smallest absolute Gasteiger partial charge is 0.317 e. The number of carbonyl (C=O) groups excluding carboxylic acids is 2. The Bertz CT molecular complexity index is 798. The molecule has 0 spiro atoms. The predicted molar refractivity (Wildman–Crippen MR) is 102 cm³/mol. The minimum Gasteiger partial charge on any atom is -0.459 e. The zero-order valence-corrected chi connectivity index (χ0v) is 15.5. The topological polar surface area (TPSA) is 74.6 Å². The van der Waals surface area contributed by atoms with E-state index in [4.69, 9.17) is 4.42 Å². The van der Waals surface area contributed by atoms with E-state index in [9.17, 15) is 9.59 Å². The van der Waals surface area contributed by atoms with Crippen LogP contribution < -0.4 is 10.6 Å². The molecule has 6 nitrogen and oxygen atoms in total. The van der Waals surface area contributed by atoms with Crippen LogP contribution in [-0.2, 0) is 6.54 Å². The summed E-state index contributed by atoms with van der Waals surface area (Å²) in [4.78, 5) is 26.5. The first-order chi connectivity index (χ1) is 13.1. The number of urea groups is 1. The fourth-order valence-corrected chi connectivity index (χ4v) is 3.69. The molecule has 2 aromatic rings. The van der Waals surface area contributed by atoms with Gasteiger partial charge in [0.05, 0.1) is 6.26 Å². The van der Waals surface area contributed by atoms with Crippen molar-refractivity contribution in [2.45, 2.75) is 38.3 Å². The highest BCUT2D eigenvalue weighted by Gasteiger charge is 2.44. The van der Waals surface area contributed by atoms with Crippen molar-refractivity contribution in [3.8, 4) is 0 Å². The van der Waals surface area contributed by atoms with Gasteiger partial charge in [-0.15, -0.1) is 0 Å². The number of hydrogen-bond donors (Lipinski definition) is 2. The Balaban J connectivity index is 1.32. The third-order valence-electron chi connectivity index (χ3n) is 5.35. The number of carbonyl (C=O) groups is 2. The number of anilines is 1. The van der Waals surface area contributed by atoms with Crippen molar-refractivity contribution >= 4 is 17.6 Å². The maximum Gasteiger partial charge on any atom is 0.317 e. The van der Waals surface area contributed by atoms with Crippen molar-refractivity contribution in [3.05, 3.63) is 54.0 Å². The lowest BCUT2D eigenvalue weighted by atomic mass is 10.1. The Kier molecular flexibility index (Phi) is 4.88. The van der Waals surface area contributed by atoms with Crippen LogP contribution in [-0.4, -0.2) is 29.9 Å². The van der Waals surface area contributed by atoms with E-state index in [1.54, 1.807) is 12.1 Å². The second kappa shape index (κ2) is 7.47. The molecular weight excluding hydrogens is 342 g/mol. The average Bonchev–Trinajstić information content (AvgIpc) is 3.61. The highest BCUT2D eigenvalue weighted by Crippen LogP contribution is 2.46. The molecule has 1 aromatic heterocycles. The normalized spacial score (nSPS) is 16.2. The molecule has 3 amide bonds. The summed E-state index contributed by atoms with van der Waals surface area (Å²) < 4.78 is 5.10. The van der Waals surface area contributed by atoms with Gasteiger partial charge >= 0.3 is 6.03 Å². The molecule has 0 aliphatic heterocycles. The van der Waals surface area contributed by atoms with Gasteiger partial charge in [-0.3, -0.25) is 4.79 Å². The molecule has 0 bridgehead atoms. The average molecular weight is 367 g/mol. The molecule has 142 valence electrons. The lowest BCUT2D eigenvalue weighted by molar-refractivity contribution is 0.0996. The lowest BCUT2D eigenvalue weighted by Crippen LogP contribution is -2.45. The van der Waals surface area contributed by atoms with Gasteiger partial charge in [0.25, 0.3) is 5.91 Å². The van der Waals surface area contributed by atoms with Crippen LogP contribution in [0.3, 0.4) is 0 Å². The van der Waals surface area contributed by atoms with Gasteiger partial charge in [0, 0.05) is 25.3 Å². The zero-order chi connectivity index (χ0) is 18.8. The quantitative estimate of drug-likeness (QED) is 0.780. The van der Waals surface area contributed by atoms with Crippen LogP contribution in [0.15, 0.2) is 47.1 Å². The van der Waals surface area contributed by atoms with Gasteiger partial charge in [-0.25, -0.2) is 4.79 Å². The molecule has 1 heterocycles. The molecule has 0 unspecified atom stereocenters. The second-order valence-corrected chi connectivity index (χ2v) is 7.57. The first-order valence-electron chi connectivity index (χ1n) is 9.56. The summed E-state index contributed by atoms with van der Waals surface area (Å²) in [6, 6.07) is 11.1. The van der Waals surface area contributed by atoms with Gasteiger partial charge in [-0.2, -0.15) is 0 Å². The molecule has 0 atom stereocenters. The molecule has 2 aliphatic carbocycles. The van der Waals surface area contributed by atoms with Gasteiger partial charge in [0.15, 0.2) is 5.76 Å². The van der Waals surface area contributed by atoms with Gasteiger partial charge in [-0.05, 0) is 67.3 Å². The summed E-state index contributed by atoms with van der Waals surface area (Å²) in [6.07, 6.45) is 6.45. The standard InChI is InChI=1S/C21H25N3O3/c1-24(19(15-7-8-15)16-9-10-16)21(26)22-13-14-4-2-5-17(12-14)23-20(25)18-6-3-11-27-18/h2-6,11-12,15-16,19H,7-10,13H2,1H3,(H,22,26)(H,23,25). The minimum atomic E-state index is -0.294. The van der Waals surface area contributed by atoms with Crippen LogP contribution in [0, 0.1) is 11.8 Å². The van der Waals surface area contributed by atoms with Gasteiger partial charge in [0.1, 0.15) is 0 Å². The Labute approximate surface area is 158 Å². The van der Waals surface area contributed by atoms with E-state index in [1.807, 2.05) is 36.2 Å². The highest BCUT2D eigenvalue weighted by atomic mass is 16.3. The predicted octanol–water partition coefficient (Wildman–Crippen LogP) is 3.86. The van der Waals surface area contributed by atoms with Crippen LogP contribution >= 0.6 is 0 Å². The van der Waals surface area contributed by atoms with Crippen LogP contribution in [0.1, 0.15) is 41.8 Å². The van der Waals surface area contributed by atoms with Crippen LogP contribution in [0.2, 0.25) is 0 Å². The molecule has 2 aliphatic rings. The molecule has 2 saturated carbocycles. The number of nitrogens with zero attached hydrogens (tertiary/aromatic N) is 1. The number of hydrogen-bond acceptors (Lipinski definition) is 3. The van der Waals surface area contributed by atoms with Crippen molar-refractivity contribution in [2.24, 2.45) is 11.8 Å². The monoisotopic (exact) mass is 367 g/mol. The SMILES string of the molecule is CN(C(=O)NCc1cccc(NC(=O)c2ccco2)c1)C(C1CC1)C1CC1. The van der Waals surface area contributed by atoms with E-state index in [2.05, 4.69) is 10.6 Å². The fourth-order valence-electron chi connectivity index (χ4n) is 3.69. The third-order valence-corrected chi connectivity index (χ3v) is 5.35. The Hall–Kier alpha value is -2.76. The van der Waals surface area contributed by atoms with E-state index >= 15 is 0 Å². The van der Waals surface area contributed by atoms with Crippen molar-refractivity contribution in [1.82, 2.24) is 10.2 Å². The molecule has 2 N–H and O–H groups in total. The van der Waals surface area contributed by atoms with Gasteiger partial charge < -0.3 is 20.0 Å². The van der Waals surface area contributed by atoms with Gasteiger partial charge in [0.2, 0.25) is 0 Å². The number of furan rings is 1. The van der Waals surface area contributed by atoms with Crippen LogP contribution in [0.5, 0.6) is 0 Å². The van der Waals surface area contributed by atoms with E-state index in [0.29, 0.717) is 30.1 Å². The summed E-state index contributed by atoms with van der Waals surface area (Å²) in [6.45, 7) is 0.426. The van der Waals surface area contributed by atoms with Crippen molar-refractivity contribution in [2.75, 3.05) is 12.4 Å². The van der Waals surface area contributed by atoms with Crippen molar-refractivity contribution < 1.29 is 14.0 Å². The fraction of sp³-hybridized carbons (Fsp3) is 0.429. The first kappa shape index (κ1) is 17.6. The zero-order valence-electron chi connectivity index (χ0n) is 15.5. The number of nitrogens with one attached hydrogen (secondary N) is 2. The van der Waals surface area contributed by atoms with E-state index < -0.39 is 0 Å². The molecule has 1 aromatic carbocycles. The number of amides is 3. The van der Waals surface area contributed by atoms with Crippen LogP contribution in [0.4, 0.5) is 10.5 Å². The molecule has 27 heavy (non-hydrogen) atoms. The lowest BCUT2D eigenvalue weighted by Gasteiger charge is -2.28. The molecule has 2 fully saturated rings. The molecular formula is C21H25N3O3. The second-order valence-electron chi connectivity index (χ2n) is 7.57. The summed E-state index contributed by atoms with van der Waals surface area (Å²) in [5.74, 6) is 1.35. The molecule has 4 rings (SSSR count). The van der Waals surface area contributed by atoms with E-state index in [-0.39, 0.29) is 17.7 Å². The maximum atomic E-state index is 12.6. The van der Waals surface area contributed by atoms with Crippen molar-refractivity contribution in [3.63, 3.8) is 0 Å². The number of benzene rings is 1. The Morgan fingerprint density at radius 1 is 1.15 bits per heavy atom. The van der Waals surface area contributed by atoms with E-state index in [1.165, 1.54) is 31.9 Å². The molecule has 0 radical (unpaired) electrons. The summed E-state index contributed by atoms with van der Waals surface area (Å²) in [7, 11) is 1.91. The Morgan fingerprint density at radius 3 is 2.52 bits per heavy atom. The molecule has 6 heteroatoms. The summed E-state index contributed by atoms with van der Waals surface area (Å²) >= 11 is 0. The summed E-state index contributed by atoms with van der Waals surface area (Å²) in [5.41, 5.74) is 1.61. The van der Waals surface area contributed by atoms with Gasteiger partial charge in [-0.1, -0.05) is 12.1 Å². The largest absolute Gasteiger partial charge is 0.459 e.